The Kier molecular flexibility index (Phi) is 6.36. The third-order valence-corrected chi connectivity index (χ3v) is 3.92. The van der Waals surface area contributed by atoms with Crippen LogP contribution in [0.3, 0.4) is 0 Å². The first-order valence-corrected chi connectivity index (χ1v) is 8.82. The first-order valence-electron chi connectivity index (χ1n) is 8.03. The molecule has 0 fully saturated rings. The van der Waals surface area contributed by atoms with Crippen molar-refractivity contribution in [3.05, 3.63) is 38.2 Å². The SMILES string of the molecule is CCOc1cc(/C=N/Nc2nnc(C(C)(C)C)c(=O)[nH]2)cc(Br)c1OC. The van der Waals surface area contributed by atoms with Gasteiger partial charge < -0.3 is 9.47 Å². The van der Waals surface area contributed by atoms with Gasteiger partial charge in [-0.3, -0.25) is 9.78 Å². The summed E-state index contributed by atoms with van der Waals surface area (Å²) in [6, 6.07) is 3.64. The summed E-state index contributed by atoms with van der Waals surface area (Å²) in [5.41, 5.74) is 3.13. The second-order valence-electron chi connectivity index (χ2n) is 6.44. The third kappa shape index (κ3) is 4.81. The van der Waals surface area contributed by atoms with Crippen LogP contribution in [-0.4, -0.2) is 35.1 Å². The highest BCUT2D eigenvalue weighted by Crippen LogP contribution is 2.36. The van der Waals surface area contributed by atoms with Gasteiger partial charge in [0.05, 0.1) is 24.4 Å². The molecule has 0 spiro atoms. The summed E-state index contributed by atoms with van der Waals surface area (Å²) in [6.07, 6.45) is 1.57. The molecule has 0 unspecified atom stereocenters. The lowest BCUT2D eigenvalue weighted by Crippen LogP contribution is -2.28. The van der Waals surface area contributed by atoms with Gasteiger partial charge in [0, 0.05) is 5.41 Å². The van der Waals surface area contributed by atoms with Gasteiger partial charge in [0.25, 0.3) is 5.56 Å². The van der Waals surface area contributed by atoms with Crippen LogP contribution in [-0.2, 0) is 5.41 Å². The number of hydrazone groups is 1. The molecule has 9 heteroatoms. The number of hydrogen-bond donors (Lipinski definition) is 2. The lowest BCUT2D eigenvalue weighted by Gasteiger charge is -2.15. The molecule has 1 aromatic carbocycles. The maximum atomic E-state index is 12.1. The van der Waals surface area contributed by atoms with Gasteiger partial charge in [-0.15, -0.1) is 10.2 Å². The summed E-state index contributed by atoms with van der Waals surface area (Å²) in [5, 5.41) is 12.0. The van der Waals surface area contributed by atoms with Gasteiger partial charge in [-0.25, -0.2) is 5.43 Å². The summed E-state index contributed by atoms with van der Waals surface area (Å²) < 4.78 is 11.6. The van der Waals surface area contributed by atoms with Gasteiger partial charge in [-0.2, -0.15) is 5.10 Å². The molecule has 0 bridgehead atoms. The number of halogens is 1. The number of hydrogen-bond acceptors (Lipinski definition) is 7. The molecular weight excluding hydrogens is 402 g/mol. The molecule has 1 aromatic heterocycles. The lowest BCUT2D eigenvalue weighted by molar-refractivity contribution is 0.310. The van der Waals surface area contributed by atoms with E-state index in [-0.39, 0.29) is 16.9 Å². The van der Waals surface area contributed by atoms with Gasteiger partial charge in [0.1, 0.15) is 5.69 Å². The minimum absolute atomic E-state index is 0.164. The maximum Gasteiger partial charge on any atom is 0.274 e. The van der Waals surface area contributed by atoms with Crippen molar-refractivity contribution in [1.82, 2.24) is 15.2 Å². The molecule has 0 amide bonds. The Balaban J connectivity index is 2.18. The van der Waals surface area contributed by atoms with Crippen LogP contribution < -0.4 is 20.5 Å². The van der Waals surface area contributed by atoms with Crippen LogP contribution in [0.25, 0.3) is 0 Å². The molecule has 0 saturated heterocycles. The molecule has 0 aliphatic heterocycles. The summed E-state index contributed by atoms with van der Waals surface area (Å²) in [4.78, 5) is 14.7. The Hall–Kier alpha value is -2.42. The Labute approximate surface area is 160 Å². The monoisotopic (exact) mass is 423 g/mol. The van der Waals surface area contributed by atoms with E-state index in [0.717, 1.165) is 10.0 Å². The van der Waals surface area contributed by atoms with Crippen LogP contribution in [0, 0.1) is 0 Å². The fraction of sp³-hybridized carbons (Fsp3) is 0.412. The van der Waals surface area contributed by atoms with E-state index in [9.17, 15) is 4.79 Å². The van der Waals surface area contributed by atoms with E-state index in [2.05, 4.69) is 41.6 Å². The summed E-state index contributed by atoms with van der Waals surface area (Å²) in [6.45, 7) is 8.10. The smallest absolute Gasteiger partial charge is 0.274 e. The van der Waals surface area contributed by atoms with Crippen LogP contribution >= 0.6 is 15.9 Å². The number of benzene rings is 1. The highest BCUT2D eigenvalue weighted by Gasteiger charge is 2.20. The van der Waals surface area contributed by atoms with Crippen molar-refractivity contribution in [3.63, 3.8) is 0 Å². The van der Waals surface area contributed by atoms with Gasteiger partial charge in [-0.05, 0) is 40.5 Å². The van der Waals surface area contributed by atoms with Gasteiger partial charge in [0.2, 0.25) is 5.95 Å². The standard InChI is InChI=1S/C17H22BrN5O3/c1-6-26-12-8-10(7-11(18)13(12)25-5)9-19-22-16-20-15(24)14(21-23-16)17(2,3)4/h7-9H,6H2,1-5H3,(H2,20,22,23,24)/b19-9+. The van der Waals surface area contributed by atoms with E-state index in [4.69, 9.17) is 9.47 Å². The molecule has 2 N–H and O–H groups in total. The molecular formula is C17H22BrN5O3. The maximum absolute atomic E-state index is 12.1. The lowest BCUT2D eigenvalue weighted by atomic mass is 9.93. The molecule has 0 atom stereocenters. The van der Waals surface area contributed by atoms with E-state index in [1.807, 2.05) is 33.8 Å². The first kappa shape index (κ1) is 19.9. The number of ether oxygens (including phenoxy) is 2. The van der Waals surface area contributed by atoms with E-state index in [1.165, 1.54) is 0 Å². The van der Waals surface area contributed by atoms with E-state index >= 15 is 0 Å². The third-order valence-electron chi connectivity index (χ3n) is 3.33. The van der Waals surface area contributed by atoms with Gasteiger partial charge in [-0.1, -0.05) is 20.8 Å². The molecule has 0 radical (unpaired) electrons. The van der Waals surface area contributed by atoms with E-state index in [0.29, 0.717) is 23.8 Å². The first-order chi connectivity index (χ1) is 12.3. The number of aromatic nitrogens is 3. The molecule has 140 valence electrons. The van der Waals surface area contributed by atoms with Crippen LogP contribution in [0.15, 0.2) is 26.5 Å². The topological polar surface area (TPSA) is 101 Å². The summed E-state index contributed by atoms with van der Waals surface area (Å²) >= 11 is 3.44. The van der Waals surface area contributed by atoms with E-state index < -0.39 is 0 Å². The molecule has 0 saturated carbocycles. The van der Waals surface area contributed by atoms with Crippen molar-refractivity contribution in [3.8, 4) is 11.5 Å². The summed E-state index contributed by atoms with van der Waals surface area (Å²) in [7, 11) is 1.58. The molecule has 2 aromatic rings. The second-order valence-corrected chi connectivity index (χ2v) is 7.29. The Morgan fingerprint density at radius 2 is 2.08 bits per heavy atom. The highest BCUT2D eigenvalue weighted by molar-refractivity contribution is 9.10. The Bertz CT molecular complexity index is 858. The van der Waals surface area contributed by atoms with Crippen molar-refractivity contribution >= 4 is 28.1 Å². The van der Waals surface area contributed by atoms with Crippen molar-refractivity contribution < 1.29 is 9.47 Å². The molecule has 2 rings (SSSR count). The van der Waals surface area contributed by atoms with E-state index in [1.54, 1.807) is 19.4 Å². The fourth-order valence-electron chi connectivity index (χ4n) is 2.17. The number of anilines is 1. The molecule has 26 heavy (non-hydrogen) atoms. The molecule has 0 aliphatic carbocycles. The van der Waals surface area contributed by atoms with Crippen molar-refractivity contribution in [2.24, 2.45) is 5.10 Å². The van der Waals surface area contributed by atoms with Crippen LogP contribution in [0.1, 0.15) is 39.0 Å². The van der Waals surface area contributed by atoms with Gasteiger partial charge in [0.15, 0.2) is 11.5 Å². The molecule has 1 heterocycles. The van der Waals surface area contributed by atoms with Crippen molar-refractivity contribution in [2.75, 3.05) is 19.1 Å². The zero-order valence-electron chi connectivity index (χ0n) is 15.4. The average molecular weight is 424 g/mol. The summed E-state index contributed by atoms with van der Waals surface area (Å²) in [5.74, 6) is 1.38. The number of rotatable bonds is 6. The van der Waals surface area contributed by atoms with Crippen molar-refractivity contribution in [2.45, 2.75) is 33.1 Å². The molecule has 0 aliphatic rings. The number of methoxy groups -OCH3 is 1. The normalized spacial score (nSPS) is 11.6. The molecule has 8 nitrogen and oxygen atoms in total. The largest absolute Gasteiger partial charge is 0.492 e. The second kappa shape index (κ2) is 8.31. The minimum Gasteiger partial charge on any atom is -0.492 e. The van der Waals surface area contributed by atoms with Crippen LogP contribution in [0.2, 0.25) is 0 Å². The Morgan fingerprint density at radius 3 is 2.65 bits per heavy atom. The average Bonchev–Trinajstić information content (AvgIpc) is 2.54. The predicted octanol–water partition coefficient (Wildman–Crippen LogP) is 3.08. The van der Waals surface area contributed by atoms with Crippen LogP contribution in [0.4, 0.5) is 5.95 Å². The number of H-pyrrole nitrogens is 1. The van der Waals surface area contributed by atoms with Crippen LogP contribution in [0.5, 0.6) is 11.5 Å². The van der Waals surface area contributed by atoms with Crippen molar-refractivity contribution in [1.29, 1.82) is 0 Å². The zero-order chi connectivity index (χ0) is 19.3. The van der Waals surface area contributed by atoms with Gasteiger partial charge >= 0.3 is 0 Å². The highest BCUT2D eigenvalue weighted by atomic mass is 79.9. The quantitative estimate of drug-likeness (QED) is 0.546. The number of nitrogens with one attached hydrogen (secondary N) is 2. The number of nitrogens with zero attached hydrogens (tertiary/aromatic N) is 3. The zero-order valence-corrected chi connectivity index (χ0v) is 17.0. The predicted molar refractivity (Wildman–Crippen MR) is 104 cm³/mol. The minimum atomic E-state index is -0.382. The number of aromatic amines is 1. The fourth-order valence-corrected chi connectivity index (χ4v) is 2.79. The Morgan fingerprint density at radius 1 is 1.35 bits per heavy atom.